The monoisotopic (exact) mass is 250 g/mol. The van der Waals surface area contributed by atoms with Crippen LogP contribution in [0.15, 0.2) is 12.3 Å². The van der Waals surface area contributed by atoms with Crippen LogP contribution >= 0.6 is 0 Å². The summed E-state index contributed by atoms with van der Waals surface area (Å²) in [5.74, 6) is 0.374. The van der Waals surface area contributed by atoms with Gasteiger partial charge in [0.2, 0.25) is 5.82 Å². The molecule has 0 saturated carbocycles. The summed E-state index contributed by atoms with van der Waals surface area (Å²) in [6.07, 6.45) is 4.95. The van der Waals surface area contributed by atoms with Crippen LogP contribution in [-0.4, -0.2) is 29.0 Å². The van der Waals surface area contributed by atoms with E-state index < -0.39 is 0 Å². The van der Waals surface area contributed by atoms with Crippen LogP contribution in [0.3, 0.4) is 0 Å². The summed E-state index contributed by atoms with van der Waals surface area (Å²) in [4.78, 5) is 14.8. The zero-order valence-electron chi connectivity index (χ0n) is 10.5. The van der Waals surface area contributed by atoms with Crippen molar-refractivity contribution in [1.82, 2.24) is 10.3 Å². The molecule has 2 N–H and O–H groups in total. The summed E-state index contributed by atoms with van der Waals surface area (Å²) in [6, 6.07) is 1.76. The third-order valence-corrected chi connectivity index (χ3v) is 3.09. The molecule has 1 atom stereocenters. The number of hydrogen-bond acceptors (Lipinski definition) is 5. The Labute approximate surface area is 106 Å². The molecule has 2 heterocycles. The van der Waals surface area contributed by atoms with Crippen molar-refractivity contribution >= 4 is 11.5 Å². The summed E-state index contributed by atoms with van der Waals surface area (Å²) in [6.45, 7) is 3.64. The lowest BCUT2D eigenvalue weighted by Crippen LogP contribution is -2.31. The van der Waals surface area contributed by atoms with Crippen molar-refractivity contribution in [3.8, 4) is 0 Å². The highest BCUT2D eigenvalue weighted by Gasteiger charge is 2.19. The van der Waals surface area contributed by atoms with Crippen molar-refractivity contribution in [3.05, 3.63) is 27.9 Å². The van der Waals surface area contributed by atoms with Gasteiger partial charge in [0.1, 0.15) is 0 Å². The van der Waals surface area contributed by atoms with E-state index >= 15 is 0 Å². The van der Waals surface area contributed by atoms with Crippen LogP contribution in [0.5, 0.6) is 0 Å². The number of pyridine rings is 1. The van der Waals surface area contributed by atoms with E-state index in [4.69, 9.17) is 0 Å². The van der Waals surface area contributed by atoms with Crippen molar-refractivity contribution in [2.75, 3.05) is 18.4 Å². The van der Waals surface area contributed by atoms with E-state index in [2.05, 4.69) is 15.6 Å². The van der Waals surface area contributed by atoms with E-state index in [1.54, 1.807) is 19.2 Å². The maximum atomic E-state index is 11.0. The number of aryl methyl sites for hydroxylation is 1. The van der Waals surface area contributed by atoms with Gasteiger partial charge in [-0.1, -0.05) is 6.42 Å². The smallest absolute Gasteiger partial charge is 0.311 e. The molecule has 0 radical (unpaired) electrons. The molecular weight excluding hydrogens is 232 g/mol. The number of hydrogen-bond donors (Lipinski definition) is 2. The van der Waals surface area contributed by atoms with Crippen LogP contribution in [0.25, 0.3) is 0 Å². The van der Waals surface area contributed by atoms with E-state index in [1.807, 2.05) is 0 Å². The molecule has 1 saturated heterocycles. The molecule has 0 amide bonds. The van der Waals surface area contributed by atoms with E-state index in [0.717, 1.165) is 37.9 Å². The Balaban J connectivity index is 2.14. The molecule has 1 aromatic rings. The van der Waals surface area contributed by atoms with Gasteiger partial charge in [-0.3, -0.25) is 10.1 Å². The number of nitro groups is 1. The Bertz CT molecular complexity index is 428. The lowest BCUT2D eigenvalue weighted by Gasteiger charge is -2.16. The Morgan fingerprint density at radius 2 is 2.39 bits per heavy atom. The fourth-order valence-corrected chi connectivity index (χ4v) is 2.14. The zero-order chi connectivity index (χ0) is 13.0. The molecule has 1 unspecified atom stereocenters. The Kier molecular flexibility index (Phi) is 4.09. The molecule has 6 nitrogen and oxygen atoms in total. The number of nitrogens with zero attached hydrogens (tertiary/aromatic N) is 2. The third kappa shape index (κ3) is 3.16. The summed E-state index contributed by atoms with van der Waals surface area (Å²) < 4.78 is 0. The van der Waals surface area contributed by atoms with Crippen molar-refractivity contribution in [2.45, 2.75) is 32.2 Å². The summed E-state index contributed by atoms with van der Waals surface area (Å²) in [5.41, 5.74) is 0.852. The van der Waals surface area contributed by atoms with Gasteiger partial charge in [-0.15, -0.1) is 0 Å². The van der Waals surface area contributed by atoms with Gasteiger partial charge < -0.3 is 10.6 Å². The molecule has 1 aliphatic heterocycles. The van der Waals surface area contributed by atoms with Crippen LogP contribution in [0, 0.1) is 17.0 Å². The van der Waals surface area contributed by atoms with Gasteiger partial charge in [0.25, 0.3) is 0 Å². The minimum Gasteiger partial charge on any atom is -0.360 e. The number of anilines is 1. The second-order valence-electron chi connectivity index (χ2n) is 4.68. The van der Waals surface area contributed by atoms with Gasteiger partial charge >= 0.3 is 5.69 Å². The van der Waals surface area contributed by atoms with Crippen molar-refractivity contribution in [1.29, 1.82) is 0 Å². The van der Waals surface area contributed by atoms with Crippen LogP contribution in [0.2, 0.25) is 0 Å². The highest BCUT2D eigenvalue weighted by atomic mass is 16.6. The molecule has 0 spiro atoms. The molecule has 2 rings (SSSR count). The fraction of sp³-hybridized carbons (Fsp3) is 0.583. The third-order valence-electron chi connectivity index (χ3n) is 3.09. The summed E-state index contributed by atoms with van der Waals surface area (Å²) >= 11 is 0. The zero-order valence-corrected chi connectivity index (χ0v) is 10.5. The maximum absolute atomic E-state index is 11.0. The van der Waals surface area contributed by atoms with E-state index in [1.165, 1.54) is 0 Å². The molecular formula is C12H18N4O2. The van der Waals surface area contributed by atoms with Crippen molar-refractivity contribution in [2.24, 2.45) is 0 Å². The number of rotatable bonds is 3. The van der Waals surface area contributed by atoms with Crippen LogP contribution in [-0.2, 0) is 0 Å². The average Bonchev–Trinajstić information content (AvgIpc) is 2.60. The first-order valence-corrected chi connectivity index (χ1v) is 6.25. The van der Waals surface area contributed by atoms with E-state index in [9.17, 15) is 10.1 Å². The van der Waals surface area contributed by atoms with Crippen LogP contribution < -0.4 is 10.6 Å². The lowest BCUT2D eigenvalue weighted by molar-refractivity contribution is -0.384. The van der Waals surface area contributed by atoms with Crippen LogP contribution in [0.1, 0.15) is 24.8 Å². The molecule has 1 aromatic heterocycles. The Morgan fingerprint density at radius 1 is 1.56 bits per heavy atom. The molecule has 18 heavy (non-hydrogen) atoms. The molecule has 0 aromatic carbocycles. The van der Waals surface area contributed by atoms with Gasteiger partial charge in [0, 0.05) is 24.8 Å². The number of nitrogens with one attached hydrogen (secondary N) is 2. The van der Waals surface area contributed by atoms with Crippen LogP contribution in [0.4, 0.5) is 11.5 Å². The highest BCUT2D eigenvalue weighted by molar-refractivity contribution is 5.57. The lowest BCUT2D eigenvalue weighted by atomic mass is 10.1. The van der Waals surface area contributed by atoms with Crippen molar-refractivity contribution < 1.29 is 4.92 Å². The predicted molar refractivity (Wildman–Crippen MR) is 69.8 cm³/mol. The van der Waals surface area contributed by atoms with Crippen molar-refractivity contribution in [3.63, 3.8) is 0 Å². The van der Waals surface area contributed by atoms with E-state index in [0.29, 0.717) is 5.82 Å². The first-order valence-electron chi connectivity index (χ1n) is 6.25. The second kappa shape index (κ2) is 5.77. The van der Waals surface area contributed by atoms with Gasteiger partial charge in [-0.2, -0.15) is 0 Å². The first kappa shape index (κ1) is 12.8. The second-order valence-corrected chi connectivity index (χ2v) is 4.68. The standard InChI is InChI=1S/C12H18N4O2/c1-9-6-11(16(17)18)12(14-7-9)15-10-4-2-3-5-13-8-10/h6-7,10,13H,2-5,8H2,1H3,(H,14,15). The minimum atomic E-state index is -0.382. The van der Waals surface area contributed by atoms with E-state index in [-0.39, 0.29) is 16.7 Å². The SMILES string of the molecule is Cc1cnc(NC2CCCCNC2)c([N+](=O)[O-])c1. The fourth-order valence-electron chi connectivity index (χ4n) is 2.14. The Hall–Kier alpha value is -1.69. The molecule has 1 fully saturated rings. The summed E-state index contributed by atoms with van der Waals surface area (Å²) in [5, 5.41) is 17.5. The molecule has 1 aliphatic rings. The minimum absolute atomic E-state index is 0.0549. The summed E-state index contributed by atoms with van der Waals surface area (Å²) in [7, 11) is 0. The molecule has 6 heteroatoms. The van der Waals surface area contributed by atoms with Gasteiger partial charge in [0.05, 0.1) is 4.92 Å². The van der Waals surface area contributed by atoms with Gasteiger partial charge in [0.15, 0.2) is 0 Å². The quantitative estimate of drug-likeness (QED) is 0.632. The average molecular weight is 250 g/mol. The normalized spacial score (nSPS) is 20.2. The highest BCUT2D eigenvalue weighted by Crippen LogP contribution is 2.24. The molecule has 98 valence electrons. The first-order chi connectivity index (χ1) is 8.66. The maximum Gasteiger partial charge on any atom is 0.311 e. The van der Waals surface area contributed by atoms with Gasteiger partial charge in [-0.05, 0) is 31.9 Å². The largest absolute Gasteiger partial charge is 0.360 e. The predicted octanol–water partition coefficient (Wildman–Crippen LogP) is 1.85. The van der Waals surface area contributed by atoms with Gasteiger partial charge in [-0.25, -0.2) is 4.98 Å². The molecule has 0 bridgehead atoms. The topological polar surface area (TPSA) is 80.1 Å². The number of aromatic nitrogens is 1. The Morgan fingerprint density at radius 3 is 3.17 bits per heavy atom. The molecule has 0 aliphatic carbocycles.